The fraction of sp³-hybridized carbons (Fsp3) is 0.208. The molecule has 3 aromatic carbocycles. The number of rotatable bonds is 14. The Balaban J connectivity index is 0.852. The van der Waals surface area contributed by atoms with Crippen molar-refractivity contribution < 1.29 is 14.3 Å². The molecule has 306 valence electrons. The van der Waals surface area contributed by atoms with E-state index in [1.807, 2.05) is 129 Å². The van der Waals surface area contributed by atoms with Gasteiger partial charge in [0, 0.05) is 43.4 Å². The number of allylic oxidation sites excluding steroid dienone is 3. The van der Waals surface area contributed by atoms with E-state index < -0.39 is 12.1 Å². The number of benzene rings is 3. The number of aromatic nitrogens is 8. The Bertz CT molecular complexity index is 2630. The number of carbonyl (C=O) groups excluding carboxylic acids is 2. The maximum absolute atomic E-state index is 14.2. The fourth-order valence-electron chi connectivity index (χ4n) is 8.55. The second-order valence-electron chi connectivity index (χ2n) is 15.3. The van der Waals surface area contributed by atoms with Crippen molar-refractivity contribution in [3.8, 4) is 17.0 Å². The quantitative estimate of drug-likeness (QED) is 0.0832. The van der Waals surface area contributed by atoms with E-state index in [1.54, 1.807) is 37.3 Å². The van der Waals surface area contributed by atoms with Crippen LogP contribution >= 0.6 is 0 Å². The second-order valence-corrected chi connectivity index (χ2v) is 15.3. The monoisotopic (exact) mass is 810 g/mol. The number of amides is 2. The van der Waals surface area contributed by atoms with Gasteiger partial charge in [-0.3, -0.25) is 9.59 Å². The van der Waals surface area contributed by atoms with Crippen LogP contribution in [0.2, 0.25) is 0 Å². The topological polar surface area (TPSA) is 143 Å². The molecule has 2 unspecified atom stereocenters. The highest BCUT2D eigenvalue weighted by atomic mass is 16.5. The minimum Gasteiger partial charge on any atom is -0.458 e. The third-order valence-corrected chi connectivity index (χ3v) is 11.5. The molecule has 0 bridgehead atoms. The van der Waals surface area contributed by atoms with Crippen molar-refractivity contribution in [3.63, 3.8) is 0 Å². The smallest absolute Gasteiger partial charge is 0.250 e. The molecule has 2 fully saturated rings. The molecule has 2 aliphatic heterocycles. The highest BCUT2D eigenvalue weighted by Crippen LogP contribution is 2.37. The number of ether oxygens (including phenoxy) is 1. The van der Waals surface area contributed by atoms with Gasteiger partial charge in [-0.15, -0.1) is 0 Å². The van der Waals surface area contributed by atoms with E-state index in [0.717, 1.165) is 65.2 Å². The molecule has 61 heavy (non-hydrogen) atoms. The Morgan fingerprint density at radius 2 is 1.26 bits per heavy atom. The molecule has 9 rings (SSSR count). The molecule has 13 heteroatoms. The lowest BCUT2D eigenvalue weighted by molar-refractivity contribution is -0.135. The fourth-order valence-corrected chi connectivity index (χ4v) is 8.55. The minimum atomic E-state index is -0.526. The summed E-state index contributed by atoms with van der Waals surface area (Å²) in [6.07, 6.45) is 20.9. The molecule has 7 aromatic rings. The van der Waals surface area contributed by atoms with Crippen molar-refractivity contribution in [2.45, 2.75) is 49.9 Å². The number of hydrogen-bond acceptors (Lipinski definition) is 7. The number of nitrogens with zero attached hydrogens (tertiary/aromatic N) is 8. The summed E-state index contributed by atoms with van der Waals surface area (Å²) in [6, 6.07) is 25.9. The largest absolute Gasteiger partial charge is 0.458 e. The van der Waals surface area contributed by atoms with Gasteiger partial charge in [0.1, 0.15) is 35.2 Å². The van der Waals surface area contributed by atoms with E-state index >= 15 is 0 Å². The molecular weight excluding hydrogens is 765 g/mol. The molecule has 2 amide bonds. The highest BCUT2D eigenvalue weighted by molar-refractivity contribution is 5.85. The van der Waals surface area contributed by atoms with Gasteiger partial charge < -0.3 is 33.6 Å². The van der Waals surface area contributed by atoms with Crippen molar-refractivity contribution in [2.24, 2.45) is 0 Å². The summed E-state index contributed by atoms with van der Waals surface area (Å²) < 4.78 is 9.86. The summed E-state index contributed by atoms with van der Waals surface area (Å²) in [5.41, 5.74) is 5.08. The van der Waals surface area contributed by atoms with Gasteiger partial charge >= 0.3 is 0 Å². The van der Waals surface area contributed by atoms with E-state index in [-0.39, 0.29) is 23.9 Å². The van der Waals surface area contributed by atoms with Crippen LogP contribution in [0.25, 0.3) is 16.8 Å². The minimum absolute atomic E-state index is 0.00319. The first-order chi connectivity index (χ1) is 29.9. The maximum atomic E-state index is 14.2. The molecule has 2 saturated heterocycles. The maximum Gasteiger partial charge on any atom is 0.250 e. The SMILES string of the molecule is C=C/C(=C\C(=C)Oc1ccc(-c2cnc([C@@H]3CCCN3C(=O)C(c3ccccc3)n3ccnc3)[nH]2)cc1)c1cnc([C@@H]2CCCN2C(=O)C(c2ccccc2)n2ccnc2)[nH]1. The Morgan fingerprint density at radius 1 is 0.721 bits per heavy atom. The lowest BCUT2D eigenvalue weighted by Crippen LogP contribution is -2.37. The zero-order valence-corrected chi connectivity index (χ0v) is 33.6. The summed E-state index contributed by atoms with van der Waals surface area (Å²) in [4.78, 5) is 57.1. The predicted molar refractivity (Wildman–Crippen MR) is 232 cm³/mol. The molecule has 4 atom stereocenters. The van der Waals surface area contributed by atoms with Crippen LogP contribution in [-0.4, -0.2) is 73.7 Å². The van der Waals surface area contributed by atoms with Crippen LogP contribution in [-0.2, 0) is 9.59 Å². The number of carbonyl (C=O) groups is 2. The average Bonchev–Trinajstić information content (AvgIpc) is 4.15. The highest BCUT2D eigenvalue weighted by Gasteiger charge is 2.38. The Kier molecular flexibility index (Phi) is 11.1. The number of nitrogens with one attached hydrogen (secondary N) is 2. The molecule has 2 aliphatic rings. The van der Waals surface area contributed by atoms with Gasteiger partial charge in [-0.2, -0.15) is 0 Å². The lowest BCUT2D eigenvalue weighted by atomic mass is 10.0. The van der Waals surface area contributed by atoms with Gasteiger partial charge in [-0.05, 0) is 72.7 Å². The van der Waals surface area contributed by atoms with E-state index in [2.05, 4.69) is 33.1 Å². The van der Waals surface area contributed by atoms with Crippen molar-refractivity contribution in [2.75, 3.05) is 13.1 Å². The third-order valence-electron chi connectivity index (χ3n) is 11.5. The van der Waals surface area contributed by atoms with E-state index in [1.165, 1.54) is 0 Å². The number of imidazole rings is 4. The summed E-state index contributed by atoms with van der Waals surface area (Å²) in [5, 5.41) is 0. The zero-order valence-electron chi connectivity index (χ0n) is 33.6. The Labute approximate surface area is 353 Å². The summed E-state index contributed by atoms with van der Waals surface area (Å²) in [5.74, 6) is 2.52. The van der Waals surface area contributed by atoms with Gasteiger partial charge in [0.25, 0.3) is 11.8 Å². The van der Waals surface area contributed by atoms with Crippen LogP contribution in [0.15, 0.2) is 166 Å². The van der Waals surface area contributed by atoms with Gasteiger partial charge in [-0.25, -0.2) is 19.9 Å². The molecular formula is C48H46N10O3. The van der Waals surface area contributed by atoms with E-state index in [4.69, 9.17) is 14.7 Å². The molecule has 0 saturated carbocycles. The average molecular weight is 811 g/mol. The van der Waals surface area contributed by atoms with E-state index in [9.17, 15) is 9.59 Å². The van der Waals surface area contributed by atoms with Crippen molar-refractivity contribution in [1.82, 2.24) is 48.8 Å². The summed E-state index contributed by atoms with van der Waals surface area (Å²) >= 11 is 0. The third kappa shape index (κ3) is 8.09. The molecule has 0 spiro atoms. The first-order valence-electron chi connectivity index (χ1n) is 20.5. The van der Waals surface area contributed by atoms with Crippen molar-refractivity contribution in [1.29, 1.82) is 0 Å². The lowest BCUT2D eigenvalue weighted by Gasteiger charge is -2.28. The van der Waals surface area contributed by atoms with Gasteiger partial charge in [0.05, 0.1) is 48.5 Å². The Hall–Kier alpha value is -7.54. The molecule has 6 heterocycles. The van der Waals surface area contributed by atoms with Crippen LogP contribution in [0.1, 0.15) is 78.3 Å². The standard InChI is InChI=1S/C48H46N10O3/c1-3-34(39-29-51-45(53-39)41-16-10-24-57(41)47(59)43(55-26-22-49-31-55)36-12-6-4-7-13-36)28-33(2)61-38-20-18-35(19-21-38)40-30-52-46(54-40)42-17-11-25-58(42)48(60)44(56-27-23-50-32-56)37-14-8-5-9-15-37/h3-9,12-15,18-23,26-32,41-44H,1-2,10-11,16-17,24-25H2,(H,51,53)(H,52,54)/b34-28+/t41-,42-,43?,44?/m0/s1. The summed E-state index contributed by atoms with van der Waals surface area (Å²) in [6.45, 7) is 9.48. The molecule has 2 N–H and O–H groups in total. The molecule has 0 aliphatic carbocycles. The van der Waals surface area contributed by atoms with Gasteiger partial charge in [-0.1, -0.05) is 79.9 Å². The van der Waals surface area contributed by atoms with E-state index in [0.29, 0.717) is 30.4 Å². The number of likely N-dealkylation sites (tertiary alicyclic amines) is 2. The molecule has 13 nitrogen and oxygen atoms in total. The van der Waals surface area contributed by atoms with Gasteiger partial charge in [0.2, 0.25) is 0 Å². The van der Waals surface area contributed by atoms with Crippen LogP contribution in [0.4, 0.5) is 0 Å². The summed E-state index contributed by atoms with van der Waals surface area (Å²) in [7, 11) is 0. The predicted octanol–water partition coefficient (Wildman–Crippen LogP) is 8.26. The van der Waals surface area contributed by atoms with Crippen LogP contribution in [0, 0.1) is 0 Å². The Morgan fingerprint density at radius 3 is 1.79 bits per heavy atom. The van der Waals surface area contributed by atoms with Crippen molar-refractivity contribution in [3.05, 3.63) is 194 Å². The number of hydrogen-bond donors (Lipinski definition) is 2. The molecule has 4 aromatic heterocycles. The molecule has 0 radical (unpaired) electrons. The number of aromatic amines is 2. The number of H-pyrrole nitrogens is 2. The van der Waals surface area contributed by atoms with Crippen LogP contribution in [0.5, 0.6) is 5.75 Å². The van der Waals surface area contributed by atoms with Crippen LogP contribution in [0.3, 0.4) is 0 Å². The zero-order chi connectivity index (χ0) is 41.7. The van der Waals surface area contributed by atoms with Crippen molar-refractivity contribution >= 4 is 17.4 Å². The second kappa shape index (κ2) is 17.4. The first-order valence-corrected chi connectivity index (χ1v) is 20.5. The normalized spacial score (nSPS) is 17.6. The van der Waals surface area contributed by atoms with Gasteiger partial charge in [0.15, 0.2) is 0 Å². The first kappa shape index (κ1) is 38.9. The van der Waals surface area contributed by atoms with Crippen LogP contribution < -0.4 is 4.74 Å².